The first-order valence-electron chi connectivity index (χ1n) is 5.95. The number of aliphatic hydroxyl groups is 1. The van der Waals surface area contributed by atoms with Crippen molar-refractivity contribution in [2.45, 2.75) is 31.4 Å². The molecule has 0 aliphatic carbocycles. The summed E-state index contributed by atoms with van der Waals surface area (Å²) in [5, 5.41) is 12.3. The van der Waals surface area contributed by atoms with Crippen LogP contribution in [0.25, 0.3) is 0 Å². The van der Waals surface area contributed by atoms with Gasteiger partial charge in [-0.25, -0.2) is 4.79 Å². The number of nitrogens with two attached hydrogens (primary N) is 1. The van der Waals surface area contributed by atoms with Gasteiger partial charge in [-0.2, -0.15) is 0 Å². The first-order chi connectivity index (χ1) is 8.34. The van der Waals surface area contributed by atoms with Crippen molar-refractivity contribution in [2.24, 2.45) is 5.73 Å². The molecular weight excluding hydrogens is 238 g/mol. The lowest BCUT2D eigenvalue weighted by Gasteiger charge is -2.37. The Bertz CT molecular complexity index is 315. The predicted molar refractivity (Wildman–Crippen MR) is 64.8 cm³/mol. The average Bonchev–Trinajstić information content (AvgIpc) is 2.27. The van der Waals surface area contributed by atoms with E-state index in [9.17, 15) is 14.7 Å². The summed E-state index contributed by atoms with van der Waals surface area (Å²) < 4.78 is 5.19. The van der Waals surface area contributed by atoms with Crippen LogP contribution in [0, 0.1) is 0 Å². The molecule has 1 rings (SSSR count). The third-order valence-electron chi connectivity index (χ3n) is 3.25. The average molecular weight is 259 g/mol. The van der Waals surface area contributed by atoms with Gasteiger partial charge in [-0.05, 0) is 14.0 Å². The van der Waals surface area contributed by atoms with Crippen LogP contribution in [0.4, 0.5) is 4.79 Å². The van der Waals surface area contributed by atoms with Gasteiger partial charge in [0, 0.05) is 32.6 Å². The Kier molecular flexibility index (Phi) is 5.06. The monoisotopic (exact) mass is 259 g/mol. The predicted octanol–water partition coefficient (Wildman–Crippen LogP) is -0.957. The Balaban J connectivity index is 2.50. The zero-order valence-electron chi connectivity index (χ0n) is 10.8. The summed E-state index contributed by atoms with van der Waals surface area (Å²) in [6.07, 6.45) is 1.09. The number of primary amides is 1. The summed E-state index contributed by atoms with van der Waals surface area (Å²) in [4.78, 5) is 23.9. The summed E-state index contributed by atoms with van der Waals surface area (Å²) >= 11 is 0. The van der Waals surface area contributed by atoms with Gasteiger partial charge in [-0.15, -0.1) is 0 Å². The van der Waals surface area contributed by atoms with Crippen molar-refractivity contribution in [1.82, 2.24) is 10.2 Å². The van der Waals surface area contributed by atoms with Crippen molar-refractivity contribution in [3.8, 4) is 0 Å². The molecule has 1 saturated heterocycles. The summed E-state index contributed by atoms with van der Waals surface area (Å²) in [6.45, 7) is 3.04. The second kappa shape index (κ2) is 6.12. The lowest BCUT2D eigenvalue weighted by atomic mass is 9.93. The maximum absolute atomic E-state index is 11.6. The van der Waals surface area contributed by atoms with Crippen LogP contribution in [0.15, 0.2) is 0 Å². The van der Waals surface area contributed by atoms with Gasteiger partial charge >= 0.3 is 6.03 Å². The second-order valence-corrected chi connectivity index (χ2v) is 4.78. The number of urea groups is 1. The van der Waals surface area contributed by atoms with Gasteiger partial charge in [-0.3, -0.25) is 15.0 Å². The Hall–Kier alpha value is -1.18. The van der Waals surface area contributed by atoms with E-state index >= 15 is 0 Å². The van der Waals surface area contributed by atoms with E-state index in [4.69, 9.17) is 10.5 Å². The van der Waals surface area contributed by atoms with Gasteiger partial charge in [0.2, 0.25) is 5.91 Å². The van der Waals surface area contributed by atoms with Crippen molar-refractivity contribution in [2.75, 3.05) is 26.8 Å². The number of carbonyl (C=O) groups is 2. The van der Waals surface area contributed by atoms with Crippen molar-refractivity contribution in [3.05, 3.63) is 0 Å². The molecular formula is C11H21N3O4. The maximum Gasteiger partial charge on any atom is 0.318 e. The van der Waals surface area contributed by atoms with Gasteiger partial charge in [0.1, 0.15) is 0 Å². The Morgan fingerprint density at radius 1 is 1.50 bits per heavy atom. The van der Waals surface area contributed by atoms with Crippen LogP contribution in [0.3, 0.4) is 0 Å². The van der Waals surface area contributed by atoms with E-state index in [-0.39, 0.29) is 0 Å². The Morgan fingerprint density at radius 3 is 2.56 bits per heavy atom. The lowest BCUT2D eigenvalue weighted by molar-refractivity contribution is -0.126. The number of nitrogens with zero attached hydrogens (tertiary/aromatic N) is 1. The Labute approximate surface area is 106 Å². The molecule has 7 nitrogen and oxygen atoms in total. The molecule has 7 heteroatoms. The molecule has 1 fully saturated rings. The van der Waals surface area contributed by atoms with Gasteiger partial charge in [-0.1, -0.05) is 0 Å². The quantitative estimate of drug-likeness (QED) is 0.603. The van der Waals surface area contributed by atoms with Crippen LogP contribution >= 0.6 is 0 Å². The molecule has 0 aromatic carbocycles. The van der Waals surface area contributed by atoms with Crippen LogP contribution in [0.5, 0.6) is 0 Å². The van der Waals surface area contributed by atoms with Crippen molar-refractivity contribution < 1.29 is 19.4 Å². The summed E-state index contributed by atoms with van der Waals surface area (Å²) in [5.41, 5.74) is 4.05. The highest BCUT2D eigenvalue weighted by molar-refractivity contribution is 5.96. The fourth-order valence-electron chi connectivity index (χ4n) is 1.94. The number of rotatable bonds is 4. The molecule has 18 heavy (non-hydrogen) atoms. The SMILES string of the molecule is CC(C(=O)NC(N)=O)N(C)CC1(O)CCOCC1. The van der Waals surface area contributed by atoms with Gasteiger partial charge in [0.15, 0.2) is 0 Å². The first kappa shape index (κ1) is 14.9. The van der Waals surface area contributed by atoms with E-state index in [1.54, 1.807) is 18.9 Å². The standard InChI is InChI=1S/C11H21N3O4/c1-8(9(15)13-10(12)16)14(2)7-11(17)3-5-18-6-4-11/h8,17H,3-7H2,1-2H3,(H3,12,13,15,16). The molecule has 1 aliphatic rings. The molecule has 0 bridgehead atoms. The number of hydrogen-bond donors (Lipinski definition) is 3. The van der Waals surface area contributed by atoms with Crippen molar-refractivity contribution in [3.63, 3.8) is 0 Å². The molecule has 0 saturated carbocycles. The normalized spacial score (nSPS) is 20.4. The van der Waals surface area contributed by atoms with E-state index in [2.05, 4.69) is 0 Å². The molecule has 1 unspecified atom stereocenters. The number of nitrogens with one attached hydrogen (secondary N) is 1. The van der Waals surface area contributed by atoms with E-state index in [1.807, 2.05) is 5.32 Å². The third kappa shape index (κ3) is 4.25. The van der Waals surface area contributed by atoms with Gasteiger partial charge in [0.05, 0.1) is 11.6 Å². The largest absolute Gasteiger partial charge is 0.388 e. The molecule has 0 aromatic heterocycles. The fraction of sp³-hybridized carbons (Fsp3) is 0.818. The van der Waals surface area contributed by atoms with Crippen LogP contribution < -0.4 is 11.1 Å². The highest BCUT2D eigenvalue weighted by Gasteiger charge is 2.33. The zero-order chi connectivity index (χ0) is 13.8. The number of carbonyl (C=O) groups excluding carboxylic acids is 2. The number of hydrogen-bond acceptors (Lipinski definition) is 5. The maximum atomic E-state index is 11.6. The van der Waals surface area contributed by atoms with E-state index in [0.29, 0.717) is 32.6 Å². The van der Waals surface area contributed by atoms with Crippen LogP contribution in [-0.2, 0) is 9.53 Å². The minimum absolute atomic E-state index is 0.351. The van der Waals surface area contributed by atoms with Gasteiger partial charge < -0.3 is 15.6 Å². The third-order valence-corrected chi connectivity index (χ3v) is 3.25. The zero-order valence-corrected chi connectivity index (χ0v) is 10.8. The number of amides is 3. The fourth-order valence-corrected chi connectivity index (χ4v) is 1.94. The number of ether oxygens (including phenoxy) is 1. The van der Waals surface area contributed by atoms with Crippen LogP contribution in [0.2, 0.25) is 0 Å². The first-order valence-corrected chi connectivity index (χ1v) is 5.95. The van der Waals surface area contributed by atoms with Crippen LogP contribution in [-0.4, -0.2) is 60.4 Å². The lowest BCUT2D eigenvalue weighted by Crippen LogP contribution is -2.53. The van der Waals surface area contributed by atoms with Gasteiger partial charge in [0.25, 0.3) is 0 Å². The molecule has 0 spiro atoms. The molecule has 4 N–H and O–H groups in total. The van der Waals surface area contributed by atoms with E-state index in [0.717, 1.165) is 0 Å². The summed E-state index contributed by atoms with van der Waals surface area (Å²) in [6, 6.07) is -1.41. The highest BCUT2D eigenvalue weighted by atomic mass is 16.5. The van der Waals surface area contributed by atoms with E-state index in [1.165, 1.54) is 0 Å². The smallest absolute Gasteiger partial charge is 0.318 e. The number of imide groups is 1. The van der Waals surface area contributed by atoms with Crippen molar-refractivity contribution in [1.29, 1.82) is 0 Å². The molecule has 3 amide bonds. The molecule has 1 atom stereocenters. The summed E-state index contributed by atoms with van der Waals surface area (Å²) in [7, 11) is 1.72. The highest BCUT2D eigenvalue weighted by Crippen LogP contribution is 2.21. The van der Waals surface area contributed by atoms with Crippen LogP contribution in [0.1, 0.15) is 19.8 Å². The van der Waals surface area contributed by atoms with E-state index < -0.39 is 23.6 Å². The molecule has 104 valence electrons. The number of likely N-dealkylation sites (N-methyl/N-ethyl adjacent to an activating group) is 1. The Morgan fingerprint density at radius 2 is 2.06 bits per heavy atom. The topological polar surface area (TPSA) is 105 Å². The molecule has 1 heterocycles. The minimum Gasteiger partial charge on any atom is -0.388 e. The summed E-state index contributed by atoms with van der Waals surface area (Å²) in [5.74, 6) is -0.472. The molecule has 1 aliphatic heterocycles. The van der Waals surface area contributed by atoms with Crippen molar-refractivity contribution >= 4 is 11.9 Å². The second-order valence-electron chi connectivity index (χ2n) is 4.78. The minimum atomic E-state index is -0.870. The molecule has 0 aromatic rings. The molecule has 0 radical (unpaired) electrons.